The summed E-state index contributed by atoms with van der Waals surface area (Å²) in [6, 6.07) is 16.2. The van der Waals surface area contributed by atoms with Gasteiger partial charge in [-0.15, -0.1) is 0 Å². The minimum Gasteiger partial charge on any atom is -0.355 e. The van der Waals surface area contributed by atoms with Crippen molar-refractivity contribution in [3.8, 4) is 0 Å². The number of anilines is 2. The van der Waals surface area contributed by atoms with Crippen LogP contribution in [0.4, 0.5) is 11.4 Å². The van der Waals surface area contributed by atoms with Gasteiger partial charge in [-0.3, -0.25) is 5.09 Å². The smallest absolute Gasteiger partial charge is 0.136 e. The van der Waals surface area contributed by atoms with Crippen LogP contribution in [0.5, 0.6) is 0 Å². The van der Waals surface area contributed by atoms with Crippen molar-refractivity contribution in [2.45, 2.75) is 137 Å². The summed E-state index contributed by atoms with van der Waals surface area (Å²) >= 11 is 0. The number of para-hydroxylation sites is 2. The highest BCUT2D eigenvalue weighted by atomic mass is 31.2. The first kappa shape index (κ1) is 32.2. The van der Waals surface area contributed by atoms with Gasteiger partial charge < -0.3 is 5.32 Å². The Balaban J connectivity index is 2.20. The van der Waals surface area contributed by atoms with Gasteiger partial charge in [-0.05, 0) is 80.9 Å². The lowest BCUT2D eigenvalue weighted by Gasteiger charge is -2.38. The fraction of sp³-hybridized carbons (Fsp3) is 0.600. The lowest BCUT2D eigenvalue weighted by atomic mass is 9.92. The summed E-state index contributed by atoms with van der Waals surface area (Å²) in [5.74, 6) is 0.977. The molecule has 3 rings (SSSR count). The second-order valence-electron chi connectivity index (χ2n) is 13.2. The van der Waals surface area contributed by atoms with E-state index < -0.39 is 7.41 Å². The van der Waals surface area contributed by atoms with Crippen LogP contribution in [0.1, 0.15) is 125 Å². The van der Waals surface area contributed by atoms with Crippen LogP contribution >= 0.6 is 15.3 Å². The molecule has 0 amide bonds. The Hall–Kier alpha value is -1.36. The first-order chi connectivity index (χ1) is 18.3. The molecule has 0 radical (unpaired) electrons. The zero-order valence-corrected chi connectivity index (χ0v) is 28.8. The van der Waals surface area contributed by atoms with Crippen molar-refractivity contribution in [1.29, 1.82) is 0 Å². The van der Waals surface area contributed by atoms with Crippen molar-refractivity contribution in [3.63, 3.8) is 0 Å². The Morgan fingerprint density at radius 1 is 0.667 bits per heavy atom. The topological polar surface area (TPSA) is 24.1 Å². The maximum absolute atomic E-state index is 4.41. The lowest BCUT2D eigenvalue weighted by Crippen LogP contribution is -2.28. The molecule has 0 spiro atoms. The van der Waals surface area contributed by atoms with Crippen LogP contribution in [0.15, 0.2) is 53.5 Å². The van der Waals surface area contributed by atoms with Gasteiger partial charge in [0.15, 0.2) is 0 Å². The van der Waals surface area contributed by atoms with E-state index in [9.17, 15) is 0 Å². The zero-order chi connectivity index (χ0) is 29.1. The molecule has 1 aliphatic carbocycles. The van der Waals surface area contributed by atoms with Gasteiger partial charge in [0, 0.05) is 17.4 Å². The van der Waals surface area contributed by atoms with Crippen LogP contribution in [0, 0.1) is 0 Å². The zero-order valence-electron chi connectivity index (χ0n) is 27.0. The minimum atomic E-state index is -1.73. The van der Waals surface area contributed by atoms with E-state index in [2.05, 4.69) is 136 Å². The Labute approximate surface area is 243 Å². The van der Waals surface area contributed by atoms with Crippen LogP contribution in [-0.2, 0) is 0 Å². The molecule has 0 saturated heterocycles. The first-order valence-corrected chi connectivity index (χ1v) is 18.9. The van der Waals surface area contributed by atoms with Gasteiger partial charge in [-0.25, -0.2) is 0 Å². The molecule has 1 aliphatic rings. The molecule has 0 aromatic heterocycles. The molecule has 2 N–H and O–H groups in total. The number of rotatable bonds is 12. The summed E-state index contributed by atoms with van der Waals surface area (Å²) in [5, 5.41) is 11.8. The summed E-state index contributed by atoms with van der Waals surface area (Å²) < 4.78 is 0. The molecular formula is C35H57N2P2+. The van der Waals surface area contributed by atoms with Crippen LogP contribution < -0.4 is 15.7 Å². The first-order valence-electron chi connectivity index (χ1n) is 15.5. The fourth-order valence-electron chi connectivity index (χ4n) is 6.81. The third-order valence-corrected chi connectivity index (χ3v) is 16.9. The number of hydrogen-bond donors (Lipinski definition) is 2. The summed E-state index contributed by atoms with van der Waals surface area (Å²) in [6.07, 6.45) is 3.59. The van der Waals surface area contributed by atoms with Gasteiger partial charge in [0.25, 0.3) is 0 Å². The van der Waals surface area contributed by atoms with Crippen LogP contribution in [-0.4, -0.2) is 22.6 Å². The molecule has 0 bridgehead atoms. The molecule has 0 unspecified atom stereocenters. The Kier molecular flexibility index (Phi) is 11.2. The van der Waals surface area contributed by atoms with E-state index in [1.54, 1.807) is 10.6 Å². The molecule has 0 aliphatic heterocycles. The van der Waals surface area contributed by atoms with Crippen LogP contribution in [0.2, 0.25) is 0 Å². The molecule has 39 heavy (non-hydrogen) atoms. The lowest BCUT2D eigenvalue weighted by molar-refractivity contribution is 0.834. The number of allylic oxidation sites excluding steroid dienone is 2. The van der Waals surface area contributed by atoms with E-state index >= 15 is 0 Å². The molecule has 2 aromatic carbocycles. The molecule has 4 heteroatoms. The summed E-state index contributed by atoms with van der Waals surface area (Å²) in [7, 11) is -1.98. The molecule has 2 nitrogen and oxygen atoms in total. The molecule has 0 fully saturated rings. The second-order valence-corrected chi connectivity index (χ2v) is 21.0. The Morgan fingerprint density at radius 2 is 1.21 bits per heavy atom. The van der Waals surface area contributed by atoms with Gasteiger partial charge >= 0.3 is 0 Å². The van der Waals surface area contributed by atoms with Crippen molar-refractivity contribution in [2.75, 3.05) is 10.4 Å². The van der Waals surface area contributed by atoms with Gasteiger partial charge in [-0.1, -0.05) is 99.7 Å². The Bertz CT molecular complexity index is 1080. The highest BCUT2D eigenvalue weighted by Gasteiger charge is 2.52. The van der Waals surface area contributed by atoms with Gasteiger partial charge in [0.05, 0.1) is 22.7 Å². The van der Waals surface area contributed by atoms with E-state index in [1.807, 2.05) is 0 Å². The van der Waals surface area contributed by atoms with Crippen LogP contribution in [0.3, 0.4) is 0 Å². The monoisotopic (exact) mass is 567 g/mol. The third kappa shape index (κ3) is 6.76. The van der Waals surface area contributed by atoms with Crippen molar-refractivity contribution in [2.24, 2.45) is 0 Å². The van der Waals surface area contributed by atoms with Crippen molar-refractivity contribution < 1.29 is 0 Å². The van der Waals surface area contributed by atoms with E-state index in [4.69, 9.17) is 0 Å². The molecular weight excluding hydrogens is 510 g/mol. The van der Waals surface area contributed by atoms with Crippen molar-refractivity contribution in [3.05, 3.63) is 64.6 Å². The quantitative estimate of drug-likeness (QED) is 0.249. The van der Waals surface area contributed by atoms with Crippen molar-refractivity contribution in [1.82, 2.24) is 0 Å². The van der Waals surface area contributed by atoms with Gasteiger partial charge in [0.2, 0.25) is 0 Å². The highest BCUT2D eigenvalue weighted by molar-refractivity contribution is 7.82. The SMILES string of the molecule is CC(C)c1cccc(C(C)C)c1NC1=C([P+](Nc2ccccc2P(C(C)C)C(C)C)(C(C)C)C(C)C)CCC1. The van der Waals surface area contributed by atoms with E-state index in [0.717, 1.165) is 6.42 Å². The average Bonchev–Trinajstić information content (AvgIpc) is 3.30. The number of hydrogen-bond acceptors (Lipinski definition) is 2. The van der Waals surface area contributed by atoms with Crippen LogP contribution in [0.25, 0.3) is 0 Å². The van der Waals surface area contributed by atoms with E-state index in [1.165, 1.54) is 41.0 Å². The third-order valence-electron chi connectivity index (χ3n) is 8.51. The predicted molar refractivity (Wildman–Crippen MR) is 183 cm³/mol. The average molecular weight is 568 g/mol. The molecule has 216 valence electrons. The number of nitrogens with one attached hydrogen (secondary N) is 2. The van der Waals surface area contributed by atoms with Gasteiger partial charge in [-0.2, -0.15) is 0 Å². The molecule has 0 heterocycles. The highest BCUT2D eigenvalue weighted by Crippen LogP contribution is 2.74. The standard InChI is InChI=1S/C35H57N2P2/c1-23(2)29-17-15-18-30(24(3)4)35(29)36-32-20-16-22-34(32)39(27(9)10,28(11)12)37-31-19-13-14-21-33(31)38(25(5)6)26(7)8/h13-15,17-19,21,23-28,36-37H,16,20,22H2,1-12H3/q+1. The van der Waals surface area contributed by atoms with Crippen molar-refractivity contribution >= 4 is 32.0 Å². The fourth-order valence-corrected chi connectivity index (χ4v) is 14.7. The normalized spacial score (nSPS) is 14.8. The van der Waals surface area contributed by atoms with E-state index in [0.29, 0.717) is 34.5 Å². The second kappa shape index (κ2) is 13.5. The molecule has 0 atom stereocenters. The minimum absolute atomic E-state index is 0.249. The number of benzene rings is 2. The Morgan fingerprint density at radius 3 is 1.69 bits per heavy atom. The molecule has 0 saturated carbocycles. The maximum atomic E-state index is 4.41. The summed E-state index contributed by atoms with van der Waals surface area (Å²) in [6.45, 7) is 28.9. The summed E-state index contributed by atoms with van der Waals surface area (Å²) in [4.78, 5) is 0. The predicted octanol–water partition coefficient (Wildman–Crippen LogP) is 11.5. The molecule has 2 aromatic rings. The summed E-state index contributed by atoms with van der Waals surface area (Å²) in [5.41, 5.74) is 9.59. The van der Waals surface area contributed by atoms with E-state index in [-0.39, 0.29) is 7.92 Å². The largest absolute Gasteiger partial charge is 0.355 e. The van der Waals surface area contributed by atoms with Gasteiger partial charge in [0.1, 0.15) is 12.7 Å². The maximum Gasteiger partial charge on any atom is 0.136 e.